The third-order valence-electron chi connectivity index (χ3n) is 6.21. The zero-order chi connectivity index (χ0) is 25.6. The van der Waals surface area contributed by atoms with E-state index in [0.29, 0.717) is 28.5 Å². The maximum atomic E-state index is 13.9. The average molecular weight is 500 g/mol. The number of anilines is 1. The maximum Gasteiger partial charge on any atom is 0.331 e. The molecule has 0 bridgehead atoms. The average Bonchev–Trinajstić information content (AvgIpc) is 3.32. The summed E-state index contributed by atoms with van der Waals surface area (Å²) in [6.45, 7) is 5.72. The molecule has 1 N–H and O–H groups in total. The Balaban J connectivity index is 1.77. The van der Waals surface area contributed by atoms with Gasteiger partial charge in [0.2, 0.25) is 0 Å². The summed E-state index contributed by atoms with van der Waals surface area (Å²) in [7, 11) is 0. The number of H-pyrrole nitrogens is 1. The second kappa shape index (κ2) is 9.09. The van der Waals surface area contributed by atoms with Crippen LogP contribution in [0.3, 0.4) is 0 Å². The van der Waals surface area contributed by atoms with Gasteiger partial charge in [0.05, 0.1) is 16.9 Å². The number of carbonyl (C=O) groups excluding carboxylic acids is 2. The lowest BCUT2D eigenvalue weighted by Crippen LogP contribution is -2.39. The molecule has 8 heteroatoms. The van der Waals surface area contributed by atoms with Crippen LogP contribution in [0.5, 0.6) is 0 Å². The summed E-state index contributed by atoms with van der Waals surface area (Å²) in [5, 5.41) is 3.67. The van der Waals surface area contributed by atoms with Crippen molar-refractivity contribution in [2.24, 2.45) is 0 Å². The lowest BCUT2D eigenvalue weighted by atomic mass is 10.0. The van der Waals surface area contributed by atoms with E-state index in [1.54, 1.807) is 59.4 Å². The van der Waals surface area contributed by atoms with E-state index in [-0.39, 0.29) is 16.8 Å². The highest BCUT2D eigenvalue weighted by molar-refractivity contribution is 6.53. The highest BCUT2D eigenvalue weighted by Gasteiger charge is 2.48. The number of imide groups is 1. The Morgan fingerprint density at radius 2 is 1.53 bits per heavy atom. The monoisotopic (exact) mass is 499 g/mol. The molecule has 180 valence electrons. The number of hydrogen-bond acceptors (Lipinski definition) is 3. The summed E-state index contributed by atoms with van der Waals surface area (Å²) in [6.07, 6.45) is 3.93. The van der Waals surface area contributed by atoms with Crippen LogP contribution in [0, 0.1) is 13.8 Å². The van der Waals surface area contributed by atoms with Crippen molar-refractivity contribution in [1.29, 1.82) is 0 Å². The summed E-state index contributed by atoms with van der Waals surface area (Å²) < 4.78 is 3.00. The number of aromatic nitrogens is 3. The molecular weight excluding hydrogens is 476 g/mol. The normalized spacial score (nSPS) is 13.7. The van der Waals surface area contributed by atoms with Gasteiger partial charge in [-0.25, -0.2) is 9.58 Å². The molecule has 1 aliphatic rings. The van der Waals surface area contributed by atoms with Gasteiger partial charge in [-0.15, -0.1) is 0 Å². The maximum absolute atomic E-state index is 13.9. The van der Waals surface area contributed by atoms with E-state index in [4.69, 9.17) is 11.6 Å². The topological polar surface area (TPSA) is 79.1 Å². The number of rotatable bonds is 5. The highest BCUT2D eigenvalue weighted by atomic mass is 35.5. The molecule has 0 aliphatic carbocycles. The third-order valence-corrected chi connectivity index (χ3v) is 6.46. The molecule has 0 unspecified atom stereocenters. The first-order valence-electron chi connectivity index (χ1n) is 11.6. The summed E-state index contributed by atoms with van der Waals surface area (Å²) in [5.74, 6) is -1.03. The van der Waals surface area contributed by atoms with Crippen molar-refractivity contribution in [2.45, 2.75) is 27.2 Å². The Morgan fingerprint density at radius 3 is 2.17 bits per heavy atom. The van der Waals surface area contributed by atoms with Crippen LogP contribution in [-0.4, -0.2) is 21.6 Å². The van der Waals surface area contributed by atoms with Crippen molar-refractivity contribution < 1.29 is 14.2 Å². The number of aryl methyl sites for hydroxylation is 3. The highest BCUT2D eigenvalue weighted by Crippen LogP contribution is 2.33. The van der Waals surface area contributed by atoms with Crippen molar-refractivity contribution in [3.05, 3.63) is 111 Å². The van der Waals surface area contributed by atoms with Gasteiger partial charge in [-0.3, -0.25) is 19.5 Å². The van der Waals surface area contributed by atoms with E-state index < -0.39 is 17.4 Å². The van der Waals surface area contributed by atoms with Crippen molar-refractivity contribution in [3.8, 4) is 5.69 Å². The summed E-state index contributed by atoms with van der Waals surface area (Å²) >= 11 is 6.03. The minimum atomic E-state index is -0.540. The molecule has 2 aromatic heterocycles. The Morgan fingerprint density at radius 1 is 0.861 bits per heavy atom. The van der Waals surface area contributed by atoms with Crippen molar-refractivity contribution in [1.82, 2.24) is 9.78 Å². The molecule has 5 rings (SSSR count). The quantitative estimate of drug-likeness (QED) is 0.330. The van der Waals surface area contributed by atoms with Crippen LogP contribution < -0.4 is 15.0 Å². The van der Waals surface area contributed by atoms with E-state index in [1.165, 1.54) is 4.68 Å². The summed E-state index contributed by atoms with van der Waals surface area (Å²) in [5.41, 5.74) is 3.46. The molecule has 3 heterocycles. The molecule has 7 nitrogen and oxygen atoms in total. The second-order valence-corrected chi connectivity index (χ2v) is 9.17. The van der Waals surface area contributed by atoms with Gasteiger partial charge in [0.1, 0.15) is 5.57 Å². The molecule has 2 aromatic carbocycles. The first-order valence-corrected chi connectivity index (χ1v) is 12.0. The Labute approximate surface area is 212 Å². The number of pyridine rings is 1. The Bertz CT molecular complexity index is 1600. The molecule has 0 radical (unpaired) electrons. The Hall–Kier alpha value is -4.23. The van der Waals surface area contributed by atoms with Crippen LogP contribution in [0.2, 0.25) is 5.02 Å². The number of aromatic amines is 1. The van der Waals surface area contributed by atoms with Crippen LogP contribution in [0.1, 0.15) is 29.3 Å². The van der Waals surface area contributed by atoms with Gasteiger partial charge in [0.25, 0.3) is 17.2 Å². The molecule has 0 atom stereocenters. The van der Waals surface area contributed by atoms with Gasteiger partial charge >= 0.3 is 5.91 Å². The molecule has 1 aliphatic heterocycles. The summed E-state index contributed by atoms with van der Waals surface area (Å²) in [4.78, 5) is 42.7. The minimum Gasteiger partial charge on any atom is -0.294 e. The fourth-order valence-corrected chi connectivity index (χ4v) is 4.54. The van der Waals surface area contributed by atoms with E-state index in [2.05, 4.69) is 5.10 Å². The van der Waals surface area contributed by atoms with Crippen molar-refractivity contribution in [2.75, 3.05) is 4.90 Å². The third kappa shape index (κ3) is 3.87. The largest absolute Gasteiger partial charge is 0.331 e. The molecule has 2 amide bonds. The van der Waals surface area contributed by atoms with Gasteiger partial charge in [-0.1, -0.05) is 36.2 Å². The van der Waals surface area contributed by atoms with Crippen LogP contribution in [-0.2, 0) is 16.0 Å². The van der Waals surface area contributed by atoms with Gasteiger partial charge in [-0.05, 0) is 62.7 Å². The van der Waals surface area contributed by atoms with E-state index in [9.17, 15) is 14.4 Å². The molecule has 36 heavy (non-hydrogen) atoms. The van der Waals surface area contributed by atoms with Crippen molar-refractivity contribution in [3.63, 3.8) is 0 Å². The van der Waals surface area contributed by atoms with E-state index >= 15 is 0 Å². The zero-order valence-corrected chi connectivity index (χ0v) is 20.8. The van der Waals surface area contributed by atoms with Crippen LogP contribution in [0.25, 0.3) is 17.0 Å². The minimum absolute atomic E-state index is 0.0713. The first kappa shape index (κ1) is 23.5. The smallest absolute Gasteiger partial charge is 0.294 e. The number of nitrogens with zero attached hydrogens (tertiary/aromatic N) is 3. The van der Waals surface area contributed by atoms with Crippen LogP contribution in [0.15, 0.2) is 77.9 Å². The van der Waals surface area contributed by atoms with Crippen LogP contribution in [0.4, 0.5) is 5.69 Å². The predicted octanol–water partition coefficient (Wildman–Crippen LogP) is 4.23. The number of hydrogen-bond donors (Lipinski definition) is 1. The number of halogens is 1. The molecule has 0 fully saturated rings. The first-order chi connectivity index (χ1) is 17.3. The molecule has 0 spiro atoms. The number of carbonyl (C=O) groups is 2. The fourth-order valence-electron chi connectivity index (χ4n) is 4.41. The van der Waals surface area contributed by atoms with E-state index in [0.717, 1.165) is 16.0 Å². The molecule has 0 saturated heterocycles. The van der Waals surface area contributed by atoms with Gasteiger partial charge in [0, 0.05) is 22.3 Å². The van der Waals surface area contributed by atoms with Crippen molar-refractivity contribution >= 4 is 40.4 Å². The van der Waals surface area contributed by atoms with Gasteiger partial charge < -0.3 is 0 Å². The van der Waals surface area contributed by atoms with E-state index in [1.807, 2.05) is 39.0 Å². The molecule has 0 saturated carbocycles. The lowest BCUT2D eigenvalue weighted by Gasteiger charge is -2.14. The number of benzene rings is 2. The standard InChI is InChI=1S/C28H23ClN4O3/c1-4-22-23(27(35)33(30-22)21-13-9-19(29)10-14-21)24-25(31-15-5-6-18(3)16-31)28(36)32(26(24)34)20-11-7-17(2)8-12-20/h5-16H,4H2,1-3H3/p+1. The number of amides is 2. The SMILES string of the molecule is CCc1[nH]n(-c2ccc(Cl)cc2)c(=O)c1C1=C([n+]2cccc(C)c2)C(=O)N(c2ccc(C)cc2)C1=O. The molecule has 4 aromatic rings. The fraction of sp³-hybridized carbons (Fsp3) is 0.143. The van der Waals surface area contributed by atoms with Gasteiger partial charge in [-0.2, -0.15) is 4.57 Å². The lowest BCUT2D eigenvalue weighted by molar-refractivity contribution is -0.577. The second-order valence-electron chi connectivity index (χ2n) is 8.73. The van der Waals surface area contributed by atoms with Crippen LogP contribution >= 0.6 is 11.6 Å². The zero-order valence-electron chi connectivity index (χ0n) is 20.1. The number of nitrogens with one attached hydrogen (secondary N) is 1. The van der Waals surface area contributed by atoms with Gasteiger partial charge in [0.15, 0.2) is 12.4 Å². The molecular formula is C28H24ClN4O3+. The summed E-state index contributed by atoms with van der Waals surface area (Å²) in [6, 6.07) is 17.7. The predicted molar refractivity (Wildman–Crippen MR) is 139 cm³/mol. The Kier molecular flexibility index (Phi) is 5.94.